The molecule has 1 unspecified atom stereocenters. The molecule has 0 bridgehead atoms. The van der Waals surface area contributed by atoms with E-state index in [1.807, 2.05) is 0 Å². The van der Waals surface area contributed by atoms with Crippen molar-refractivity contribution in [2.45, 2.75) is 109 Å². The first-order chi connectivity index (χ1) is 11.4. The molecule has 0 saturated carbocycles. The normalized spacial score (nSPS) is 15.3. The van der Waals surface area contributed by atoms with Crippen LogP contribution < -0.4 is 0 Å². The molecule has 0 amide bonds. The fourth-order valence-electron chi connectivity index (χ4n) is 3.57. The molecule has 0 spiro atoms. The molecular weight excluding hydrogens is 278 g/mol. The van der Waals surface area contributed by atoms with Gasteiger partial charge in [0.15, 0.2) is 0 Å². The van der Waals surface area contributed by atoms with E-state index in [1.165, 1.54) is 103 Å². The monoisotopic (exact) mass is 319 g/mol. The van der Waals surface area contributed by atoms with Crippen LogP contribution in [0, 0.1) is 0 Å². The van der Waals surface area contributed by atoms with E-state index >= 15 is 0 Å². The van der Waals surface area contributed by atoms with Gasteiger partial charge in [-0.05, 0) is 19.0 Å². The van der Waals surface area contributed by atoms with E-state index < -0.39 is 0 Å². The van der Waals surface area contributed by atoms with Gasteiger partial charge in [-0.25, -0.2) is 0 Å². The zero-order valence-corrected chi connectivity index (χ0v) is 15.8. The van der Waals surface area contributed by atoms with E-state index in [2.05, 4.69) is 36.8 Å². The van der Waals surface area contributed by atoms with Crippen LogP contribution in [-0.2, 0) is 0 Å². The summed E-state index contributed by atoms with van der Waals surface area (Å²) in [5.74, 6) is 0. The molecule has 0 aromatic heterocycles. The van der Waals surface area contributed by atoms with Gasteiger partial charge in [0, 0.05) is 12.6 Å². The van der Waals surface area contributed by atoms with Gasteiger partial charge in [0.2, 0.25) is 0 Å². The van der Waals surface area contributed by atoms with Crippen LogP contribution in [0.2, 0.25) is 0 Å². The van der Waals surface area contributed by atoms with E-state index in [9.17, 15) is 0 Å². The van der Waals surface area contributed by atoms with E-state index in [4.69, 9.17) is 0 Å². The Bertz CT molecular complexity index is 294. The van der Waals surface area contributed by atoms with Crippen LogP contribution >= 0.6 is 0 Å². The van der Waals surface area contributed by atoms with Crippen molar-refractivity contribution < 1.29 is 0 Å². The highest BCUT2D eigenvalue weighted by Crippen LogP contribution is 2.17. The highest BCUT2D eigenvalue weighted by Gasteiger charge is 2.13. The lowest BCUT2D eigenvalue weighted by molar-refractivity contribution is 0.321. The Morgan fingerprint density at radius 1 is 0.870 bits per heavy atom. The molecule has 1 aliphatic rings. The van der Waals surface area contributed by atoms with E-state index in [0.717, 1.165) is 0 Å². The van der Waals surface area contributed by atoms with Crippen molar-refractivity contribution in [1.29, 1.82) is 0 Å². The molecule has 0 saturated heterocycles. The molecule has 1 aliphatic heterocycles. The van der Waals surface area contributed by atoms with Crippen molar-refractivity contribution in [2.24, 2.45) is 0 Å². The van der Waals surface area contributed by atoms with Crippen molar-refractivity contribution in [1.82, 2.24) is 4.90 Å². The predicted molar refractivity (Wildman–Crippen MR) is 105 cm³/mol. The van der Waals surface area contributed by atoms with Gasteiger partial charge >= 0.3 is 0 Å². The molecule has 1 heterocycles. The summed E-state index contributed by atoms with van der Waals surface area (Å²) in [6.07, 6.45) is 27.8. The third-order valence-electron chi connectivity index (χ3n) is 5.15. The van der Waals surface area contributed by atoms with Crippen LogP contribution in [0.25, 0.3) is 0 Å². The first kappa shape index (κ1) is 20.3. The third-order valence-corrected chi connectivity index (χ3v) is 5.15. The highest BCUT2D eigenvalue weighted by atomic mass is 15.1. The molecule has 0 radical (unpaired) electrons. The minimum atomic E-state index is 0.571. The minimum absolute atomic E-state index is 0.571. The quantitative estimate of drug-likeness (QED) is 0.214. The molecule has 0 aromatic carbocycles. The molecule has 0 N–H and O–H groups in total. The lowest BCUT2D eigenvalue weighted by Gasteiger charge is -2.24. The second-order valence-electron chi connectivity index (χ2n) is 7.25. The Labute approximate surface area is 146 Å². The molecule has 1 atom stereocenters. The maximum atomic E-state index is 4.01. The second kappa shape index (κ2) is 14.8. The van der Waals surface area contributed by atoms with Gasteiger partial charge in [-0.15, -0.1) is 6.58 Å². The largest absolute Gasteiger partial charge is 0.371 e. The van der Waals surface area contributed by atoms with Gasteiger partial charge in [-0.2, -0.15) is 0 Å². The summed E-state index contributed by atoms with van der Waals surface area (Å²) in [5, 5.41) is 0. The Hall–Kier alpha value is -0.720. The summed E-state index contributed by atoms with van der Waals surface area (Å²) in [4.78, 5) is 2.45. The van der Waals surface area contributed by atoms with Crippen LogP contribution in [0.1, 0.15) is 103 Å². The van der Waals surface area contributed by atoms with Crippen molar-refractivity contribution in [3.8, 4) is 0 Å². The molecule has 1 nitrogen and oxygen atoms in total. The van der Waals surface area contributed by atoms with Crippen molar-refractivity contribution in [2.75, 3.05) is 6.54 Å². The average molecular weight is 320 g/mol. The summed E-state index contributed by atoms with van der Waals surface area (Å²) in [7, 11) is 0. The molecule has 0 aromatic rings. The van der Waals surface area contributed by atoms with Crippen molar-refractivity contribution >= 4 is 0 Å². The zero-order chi connectivity index (χ0) is 16.6. The van der Waals surface area contributed by atoms with Gasteiger partial charge < -0.3 is 4.90 Å². The van der Waals surface area contributed by atoms with Gasteiger partial charge in [-0.3, -0.25) is 0 Å². The van der Waals surface area contributed by atoms with Crippen LogP contribution in [-0.4, -0.2) is 17.5 Å². The van der Waals surface area contributed by atoms with E-state index in [-0.39, 0.29) is 0 Å². The maximum Gasteiger partial charge on any atom is 0.0464 e. The Balaban J connectivity index is 1.80. The van der Waals surface area contributed by atoms with Crippen molar-refractivity contribution in [3.63, 3.8) is 0 Å². The first-order valence-electron chi connectivity index (χ1n) is 10.4. The van der Waals surface area contributed by atoms with Crippen molar-refractivity contribution in [3.05, 3.63) is 24.9 Å². The smallest absolute Gasteiger partial charge is 0.0464 e. The van der Waals surface area contributed by atoms with E-state index in [1.54, 1.807) is 0 Å². The zero-order valence-electron chi connectivity index (χ0n) is 15.8. The standard InChI is InChI=1S/C22H41N/c1-3-5-6-7-8-9-10-11-12-13-14-15-16-19-22(4-2)23-20-17-18-21-23/h4,17,20,22H,2-3,5-16,18-19,21H2,1H3. The molecule has 134 valence electrons. The second-order valence-corrected chi connectivity index (χ2v) is 7.25. The molecule has 1 rings (SSSR count). The maximum absolute atomic E-state index is 4.01. The predicted octanol–water partition coefficient (Wildman–Crippen LogP) is 7.24. The molecule has 0 fully saturated rings. The molecule has 23 heavy (non-hydrogen) atoms. The Morgan fingerprint density at radius 2 is 1.39 bits per heavy atom. The van der Waals surface area contributed by atoms with Crippen LogP contribution in [0.3, 0.4) is 0 Å². The van der Waals surface area contributed by atoms with Gasteiger partial charge in [0.25, 0.3) is 0 Å². The third kappa shape index (κ3) is 10.6. The highest BCUT2D eigenvalue weighted by molar-refractivity contribution is 4.99. The van der Waals surface area contributed by atoms with Crippen LogP contribution in [0.4, 0.5) is 0 Å². The fourth-order valence-corrected chi connectivity index (χ4v) is 3.57. The number of hydrogen-bond donors (Lipinski definition) is 0. The number of hydrogen-bond acceptors (Lipinski definition) is 1. The number of rotatable bonds is 16. The van der Waals surface area contributed by atoms with E-state index in [0.29, 0.717) is 6.04 Å². The van der Waals surface area contributed by atoms with Crippen LogP contribution in [0.15, 0.2) is 24.9 Å². The molecular formula is C22H41N. The topological polar surface area (TPSA) is 3.24 Å². The minimum Gasteiger partial charge on any atom is -0.371 e. The van der Waals surface area contributed by atoms with Crippen LogP contribution in [0.5, 0.6) is 0 Å². The van der Waals surface area contributed by atoms with Gasteiger partial charge in [-0.1, -0.05) is 103 Å². The number of nitrogens with zero attached hydrogens (tertiary/aromatic N) is 1. The lowest BCUT2D eigenvalue weighted by atomic mass is 10.0. The fraction of sp³-hybridized carbons (Fsp3) is 0.818. The SMILES string of the molecule is C=CC(CCCCCCCCCCCCCCC)N1C=CCC1. The summed E-state index contributed by atoms with van der Waals surface area (Å²) in [6.45, 7) is 7.49. The Kier molecular flexibility index (Phi) is 13.1. The Morgan fingerprint density at radius 3 is 1.83 bits per heavy atom. The summed E-state index contributed by atoms with van der Waals surface area (Å²) in [5.41, 5.74) is 0. The number of unbranched alkanes of at least 4 members (excludes halogenated alkanes) is 12. The summed E-state index contributed by atoms with van der Waals surface area (Å²) in [6, 6.07) is 0.571. The van der Waals surface area contributed by atoms with Gasteiger partial charge in [0.05, 0.1) is 0 Å². The summed E-state index contributed by atoms with van der Waals surface area (Å²) >= 11 is 0. The summed E-state index contributed by atoms with van der Waals surface area (Å²) < 4.78 is 0. The average Bonchev–Trinajstić information content (AvgIpc) is 3.09. The first-order valence-corrected chi connectivity index (χ1v) is 10.4. The molecule has 0 aliphatic carbocycles. The molecule has 1 heteroatoms. The van der Waals surface area contributed by atoms with Gasteiger partial charge in [0.1, 0.15) is 0 Å². The lowest BCUT2D eigenvalue weighted by Crippen LogP contribution is -2.27.